The van der Waals surface area contributed by atoms with E-state index in [0.717, 1.165) is 5.69 Å². The summed E-state index contributed by atoms with van der Waals surface area (Å²) in [5, 5.41) is 0. The van der Waals surface area contributed by atoms with Gasteiger partial charge in [0.1, 0.15) is 6.04 Å². The number of benzene rings is 2. The van der Waals surface area contributed by atoms with E-state index >= 15 is 0 Å². The van der Waals surface area contributed by atoms with Gasteiger partial charge in [0, 0.05) is 30.4 Å². The Bertz CT molecular complexity index is 821. The van der Waals surface area contributed by atoms with Crippen molar-refractivity contribution >= 4 is 17.5 Å². The Hall–Kier alpha value is -3.02. The smallest absolute Gasteiger partial charge is 0.254 e. The van der Waals surface area contributed by atoms with Gasteiger partial charge in [-0.05, 0) is 31.2 Å². The van der Waals surface area contributed by atoms with E-state index in [2.05, 4.69) is 0 Å². The van der Waals surface area contributed by atoms with Crippen LogP contribution in [0.5, 0.6) is 11.5 Å². The molecule has 2 aliphatic rings. The summed E-state index contributed by atoms with van der Waals surface area (Å²) in [6.45, 7) is 2.89. The van der Waals surface area contributed by atoms with Crippen LogP contribution in [0.4, 0.5) is 5.69 Å². The number of ether oxygens (including phenoxy) is 2. The van der Waals surface area contributed by atoms with Crippen LogP contribution >= 0.6 is 0 Å². The van der Waals surface area contributed by atoms with E-state index in [1.54, 1.807) is 34.9 Å². The Morgan fingerprint density at radius 1 is 1.04 bits per heavy atom. The van der Waals surface area contributed by atoms with Gasteiger partial charge in [-0.3, -0.25) is 9.59 Å². The maximum atomic E-state index is 12.8. The maximum absolute atomic E-state index is 12.8. The van der Waals surface area contributed by atoms with Crippen LogP contribution in [0.3, 0.4) is 0 Å². The molecule has 6 heteroatoms. The zero-order valence-electron chi connectivity index (χ0n) is 13.8. The van der Waals surface area contributed by atoms with E-state index in [1.807, 2.05) is 30.3 Å². The van der Waals surface area contributed by atoms with Crippen molar-refractivity contribution in [1.29, 1.82) is 0 Å². The van der Waals surface area contributed by atoms with Crippen LogP contribution in [0.25, 0.3) is 0 Å². The molecule has 0 saturated carbocycles. The number of hydrogen-bond donors (Lipinski definition) is 0. The minimum Gasteiger partial charge on any atom is -0.454 e. The molecule has 0 bridgehead atoms. The number of amides is 2. The van der Waals surface area contributed by atoms with Gasteiger partial charge in [-0.15, -0.1) is 0 Å². The molecule has 2 aliphatic heterocycles. The Labute approximate surface area is 145 Å². The topological polar surface area (TPSA) is 59.1 Å². The molecule has 0 aliphatic carbocycles. The molecule has 4 rings (SSSR count). The minimum absolute atomic E-state index is 0.102. The normalized spacial score (nSPS) is 19.2. The second kappa shape index (κ2) is 6.12. The molecule has 2 heterocycles. The molecular formula is C19H18N2O4. The summed E-state index contributed by atoms with van der Waals surface area (Å²) in [4.78, 5) is 28.8. The van der Waals surface area contributed by atoms with Gasteiger partial charge < -0.3 is 19.3 Å². The van der Waals surface area contributed by atoms with Crippen LogP contribution < -0.4 is 14.4 Å². The Kier molecular flexibility index (Phi) is 3.80. The minimum atomic E-state index is -0.521. The Morgan fingerprint density at radius 3 is 2.60 bits per heavy atom. The fourth-order valence-electron chi connectivity index (χ4n) is 3.20. The van der Waals surface area contributed by atoms with Crippen LogP contribution in [0.2, 0.25) is 0 Å². The Balaban J connectivity index is 1.54. The standard InChI is InChI=1S/C19H18N2O4/c1-13-18(22)21(15-7-8-16-17(11-15)25-12-24-16)10-9-20(13)19(23)14-5-3-2-4-6-14/h2-8,11,13H,9-10,12H2,1H3. The first-order valence-corrected chi connectivity index (χ1v) is 8.22. The third-order valence-corrected chi connectivity index (χ3v) is 4.60. The van der Waals surface area contributed by atoms with Crippen molar-refractivity contribution in [3.63, 3.8) is 0 Å². The lowest BCUT2D eigenvalue weighted by molar-refractivity contribution is -0.124. The van der Waals surface area contributed by atoms with Crippen molar-refractivity contribution in [2.24, 2.45) is 0 Å². The second-order valence-corrected chi connectivity index (χ2v) is 6.07. The number of hydrogen-bond acceptors (Lipinski definition) is 4. The summed E-state index contributed by atoms with van der Waals surface area (Å²) in [6, 6.07) is 14.0. The molecule has 0 spiro atoms. The van der Waals surface area contributed by atoms with E-state index < -0.39 is 6.04 Å². The molecule has 1 saturated heterocycles. The number of nitrogens with zero attached hydrogens (tertiary/aromatic N) is 2. The van der Waals surface area contributed by atoms with Crippen LogP contribution in [0.15, 0.2) is 48.5 Å². The van der Waals surface area contributed by atoms with Gasteiger partial charge in [0.15, 0.2) is 11.5 Å². The monoisotopic (exact) mass is 338 g/mol. The van der Waals surface area contributed by atoms with Gasteiger partial charge in [0.25, 0.3) is 5.91 Å². The predicted molar refractivity (Wildman–Crippen MR) is 91.9 cm³/mol. The quantitative estimate of drug-likeness (QED) is 0.843. The average Bonchev–Trinajstić information content (AvgIpc) is 3.12. The number of fused-ring (bicyclic) bond motifs is 1. The summed E-state index contributed by atoms with van der Waals surface area (Å²) >= 11 is 0. The molecule has 128 valence electrons. The zero-order chi connectivity index (χ0) is 17.4. The molecule has 0 radical (unpaired) electrons. The number of carbonyl (C=O) groups excluding carboxylic acids is 2. The van der Waals surface area contributed by atoms with Crippen molar-refractivity contribution in [1.82, 2.24) is 4.90 Å². The highest BCUT2D eigenvalue weighted by molar-refractivity contribution is 6.03. The van der Waals surface area contributed by atoms with Crippen molar-refractivity contribution in [3.8, 4) is 11.5 Å². The van der Waals surface area contributed by atoms with Gasteiger partial charge in [0.05, 0.1) is 0 Å². The second-order valence-electron chi connectivity index (χ2n) is 6.07. The SMILES string of the molecule is CC1C(=O)N(c2ccc3c(c2)OCO3)CCN1C(=O)c1ccccc1. The lowest BCUT2D eigenvalue weighted by Gasteiger charge is -2.39. The maximum Gasteiger partial charge on any atom is 0.254 e. The van der Waals surface area contributed by atoms with E-state index in [4.69, 9.17) is 9.47 Å². The molecular weight excluding hydrogens is 320 g/mol. The van der Waals surface area contributed by atoms with E-state index in [-0.39, 0.29) is 18.6 Å². The number of anilines is 1. The zero-order valence-corrected chi connectivity index (χ0v) is 13.8. The molecule has 2 amide bonds. The van der Waals surface area contributed by atoms with Gasteiger partial charge in [-0.2, -0.15) is 0 Å². The molecule has 0 aromatic heterocycles. The van der Waals surface area contributed by atoms with E-state index in [1.165, 1.54) is 0 Å². The van der Waals surface area contributed by atoms with E-state index in [0.29, 0.717) is 30.2 Å². The summed E-state index contributed by atoms with van der Waals surface area (Å²) in [6.07, 6.45) is 0. The first-order chi connectivity index (χ1) is 12.1. The summed E-state index contributed by atoms with van der Waals surface area (Å²) < 4.78 is 10.7. The van der Waals surface area contributed by atoms with Crippen molar-refractivity contribution in [3.05, 3.63) is 54.1 Å². The average molecular weight is 338 g/mol. The molecule has 1 fully saturated rings. The van der Waals surface area contributed by atoms with Crippen LogP contribution in [-0.4, -0.2) is 42.6 Å². The fourth-order valence-corrected chi connectivity index (χ4v) is 3.20. The highest BCUT2D eigenvalue weighted by Crippen LogP contribution is 2.36. The number of rotatable bonds is 2. The van der Waals surface area contributed by atoms with Crippen LogP contribution in [0, 0.1) is 0 Å². The Morgan fingerprint density at radius 2 is 1.80 bits per heavy atom. The first kappa shape index (κ1) is 15.5. The molecule has 2 aromatic rings. The largest absolute Gasteiger partial charge is 0.454 e. The highest BCUT2D eigenvalue weighted by Gasteiger charge is 2.35. The number of piperazine rings is 1. The fraction of sp³-hybridized carbons (Fsp3) is 0.263. The molecule has 1 unspecified atom stereocenters. The third-order valence-electron chi connectivity index (χ3n) is 4.60. The van der Waals surface area contributed by atoms with Crippen LogP contribution in [-0.2, 0) is 4.79 Å². The van der Waals surface area contributed by atoms with Crippen molar-refractivity contribution < 1.29 is 19.1 Å². The van der Waals surface area contributed by atoms with Gasteiger partial charge in [-0.25, -0.2) is 0 Å². The van der Waals surface area contributed by atoms with Gasteiger partial charge >= 0.3 is 0 Å². The summed E-state index contributed by atoms with van der Waals surface area (Å²) in [5.41, 5.74) is 1.35. The lowest BCUT2D eigenvalue weighted by Crippen LogP contribution is -2.57. The van der Waals surface area contributed by atoms with Crippen molar-refractivity contribution in [2.45, 2.75) is 13.0 Å². The number of carbonyl (C=O) groups is 2. The van der Waals surface area contributed by atoms with Gasteiger partial charge in [-0.1, -0.05) is 18.2 Å². The molecule has 2 aromatic carbocycles. The van der Waals surface area contributed by atoms with Gasteiger partial charge in [0.2, 0.25) is 12.7 Å². The van der Waals surface area contributed by atoms with Crippen molar-refractivity contribution in [2.75, 3.05) is 24.8 Å². The molecule has 0 N–H and O–H groups in total. The first-order valence-electron chi connectivity index (χ1n) is 8.22. The third kappa shape index (κ3) is 2.69. The predicted octanol–water partition coefficient (Wildman–Crippen LogP) is 2.29. The lowest BCUT2D eigenvalue weighted by atomic mass is 10.1. The highest BCUT2D eigenvalue weighted by atomic mass is 16.7. The molecule has 6 nitrogen and oxygen atoms in total. The molecule has 25 heavy (non-hydrogen) atoms. The molecule has 1 atom stereocenters. The van der Waals surface area contributed by atoms with Crippen LogP contribution in [0.1, 0.15) is 17.3 Å². The van der Waals surface area contributed by atoms with E-state index in [9.17, 15) is 9.59 Å². The summed E-state index contributed by atoms with van der Waals surface area (Å²) in [7, 11) is 0. The summed E-state index contributed by atoms with van der Waals surface area (Å²) in [5.74, 6) is 1.10.